The van der Waals surface area contributed by atoms with Crippen molar-refractivity contribution >= 4 is 17.4 Å². The van der Waals surface area contributed by atoms with Crippen molar-refractivity contribution in [2.75, 3.05) is 0 Å². The Morgan fingerprint density at radius 1 is 1.11 bits per heavy atom. The molecule has 0 saturated carbocycles. The molecule has 3 heteroatoms. The van der Waals surface area contributed by atoms with Gasteiger partial charge in [-0.2, -0.15) is 0 Å². The van der Waals surface area contributed by atoms with Gasteiger partial charge in [0, 0.05) is 12.0 Å². The molecule has 1 nitrogen and oxygen atoms in total. The van der Waals surface area contributed by atoms with Crippen LogP contribution in [0.15, 0.2) is 48.5 Å². The summed E-state index contributed by atoms with van der Waals surface area (Å²) in [6, 6.07) is 13.2. The van der Waals surface area contributed by atoms with Gasteiger partial charge in [0.25, 0.3) is 0 Å². The fourth-order valence-electron chi connectivity index (χ4n) is 1.77. The number of aryl methyl sites for hydroxylation is 1. The number of carbonyl (C=O) groups excluding carboxylic acids is 1. The summed E-state index contributed by atoms with van der Waals surface area (Å²) in [5.41, 5.74) is 1.34. The largest absolute Gasteiger partial charge is 0.294 e. The van der Waals surface area contributed by atoms with Crippen molar-refractivity contribution in [1.82, 2.24) is 0 Å². The van der Waals surface area contributed by atoms with Crippen molar-refractivity contribution < 1.29 is 9.18 Å². The predicted octanol–water partition coefficient (Wildman–Crippen LogP) is 4.29. The molecule has 0 atom stereocenters. The highest BCUT2D eigenvalue weighted by atomic mass is 35.5. The molecule has 0 aliphatic rings. The van der Waals surface area contributed by atoms with Crippen molar-refractivity contribution in [2.45, 2.75) is 12.8 Å². The van der Waals surface area contributed by atoms with E-state index < -0.39 is 0 Å². The minimum atomic E-state index is -0.280. The van der Waals surface area contributed by atoms with Crippen molar-refractivity contribution in [3.05, 3.63) is 70.5 Å². The van der Waals surface area contributed by atoms with E-state index in [1.165, 1.54) is 12.1 Å². The third-order valence-corrected chi connectivity index (χ3v) is 3.03. The molecular weight excluding hydrogens is 251 g/mol. The first-order chi connectivity index (χ1) is 8.66. The third kappa shape index (κ3) is 3.17. The lowest BCUT2D eigenvalue weighted by atomic mass is 10.0. The van der Waals surface area contributed by atoms with Crippen LogP contribution in [-0.2, 0) is 6.42 Å². The minimum Gasteiger partial charge on any atom is -0.294 e. The molecule has 0 bridgehead atoms. The SMILES string of the molecule is O=C(CCc1cccc(F)c1)c1ccccc1Cl. The molecule has 0 spiro atoms. The number of ketones is 1. The second-order valence-electron chi connectivity index (χ2n) is 4.03. The topological polar surface area (TPSA) is 17.1 Å². The van der Waals surface area contributed by atoms with Crippen LogP contribution in [0.25, 0.3) is 0 Å². The summed E-state index contributed by atoms with van der Waals surface area (Å²) in [5, 5.41) is 0.460. The first kappa shape index (κ1) is 12.8. The average Bonchev–Trinajstić information content (AvgIpc) is 2.37. The van der Waals surface area contributed by atoms with E-state index in [1.54, 1.807) is 30.3 Å². The van der Waals surface area contributed by atoms with E-state index in [9.17, 15) is 9.18 Å². The standard InChI is InChI=1S/C15H12ClFO/c16-14-7-2-1-6-13(14)15(18)9-8-11-4-3-5-12(17)10-11/h1-7,10H,8-9H2. The molecule has 2 aromatic rings. The Morgan fingerprint density at radius 2 is 1.89 bits per heavy atom. The minimum absolute atomic E-state index is 0.0233. The van der Waals surface area contributed by atoms with Crippen LogP contribution < -0.4 is 0 Å². The van der Waals surface area contributed by atoms with Crippen LogP contribution in [0.4, 0.5) is 4.39 Å². The van der Waals surface area contributed by atoms with Crippen LogP contribution in [0.2, 0.25) is 5.02 Å². The predicted molar refractivity (Wildman–Crippen MR) is 70.5 cm³/mol. The van der Waals surface area contributed by atoms with Crippen molar-refractivity contribution in [2.24, 2.45) is 0 Å². The second-order valence-corrected chi connectivity index (χ2v) is 4.44. The molecule has 0 aromatic heterocycles. The van der Waals surface area contributed by atoms with E-state index in [-0.39, 0.29) is 11.6 Å². The summed E-state index contributed by atoms with van der Waals surface area (Å²) >= 11 is 5.95. The van der Waals surface area contributed by atoms with Crippen molar-refractivity contribution in [1.29, 1.82) is 0 Å². The highest BCUT2D eigenvalue weighted by Gasteiger charge is 2.09. The van der Waals surface area contributed by atoms with Crippen LogP contribution in [0, 0.1) is 5.82 Å². The number of carbonyl (C=O) groups is 1. The molecule has 0 aliphatic carbocycles. The highest BCUT2D eigenvalue weighted by Crippen LogP contribution is 2.18. The molecule has 0 aliphatic heterocycles. The zero-order valence-corrected chi connectivity index (χ0v) is 10.5. The van der Waals surface area contributed by atoms with Crippen LogP contribution in [-0.4, -0.2) is 5.78 Å². The van der Waals surface area contributed by atoms with E-state index in [0.29, 0.717) is 23.4 Å². The Kier molecular flexibility index (Phi) is 4.11. The molecular formula is C15H12ClFO. The smallest absolute Gasteiger partial charge is 0.164 e. The zero-order valence-electron chi connectivity index (χ0n) is 9.70. The lowest BCUT2D eigenvalue weighted by Gasteiger charge is -2.03. The van der Waals surface area contributed by atoms with Gasteiger partial charge in [-0.15, -0.1) is 0 Å². The number of hydrogen-bond acceptors (Lipinski definition) is 1. The number of halogens is 2. The molecule has 0 fully saturated rings. The van der Waals surface area contributed by atoms with Gasteiger partial charge in [0.15, 0.2) is 5.78 Å². The van der Waals surface area contributed by atoms with Gasteiger partial charge in [-0.1, -0.05) is 35.9 Å². The van der Waals surface area contributed by atoms with Crippen molar-refractivity contribution in [3.63, 3.8) is 0 Å². The number of rotatable bonds is 4. The molecule has 0 unspecified atom stereocenters. The van der Waals surface area contributed by atoms with Gasteiger partial charge in [0.2, 0.25) is 0 Å². The quantitative estimate of drug-likeness (QED) is 0.751. The van der Waals surface area contributed by atoms with E-state index in [2.05, 4.69) is 0 Å². The summed E-state index contributed by atoms with van der Waals surface area (Å²) in [6.45, 7) is 0. The zero-order chi connectivity index (χ0) is 13.0. The number of hydrogen-bond donors (Lipinski definition) is 0. The molecule has 2 rings (SSSR count). The van der Waals surface area contributed by atoms with Crippen LogP contribution in [0.1, 0.15) is 22.3 Å². The summed E-state index contributed by atoms with van der Waals surface area (Å²) in [5.74, 6) is -0.303. The Balaban J connectivity index is 2.03. The molecule has 18 heavy (non-hydrogen) atoms. The Hall–Kier alpha value is -1.67. The van der Waals surface area contributed by atoms with Gasteiger partial charge in [-0.3, -0.25) is 4.79 Å². The summed E-state index contributed by atoms with van der Waals surface area (Å²) in [7, 11) is 0. The van der Waals surface area contributed by atoms with E-state index in [0.717, 1.165) is 5.56 Å². The molecule has 0 heterocycles. The summed E-state index contributed by atoms with van der Waals surface area (Å²) < 4.78 is 13.0. The van der Waals surface area contributed by atoms with Crippen LogP contribution >= 0.6 is 11.6 Å². The molecule has 2 aromatic carbocycles. The van der Waals surface area contributed by atoms with E-state index >= 15 is 0 Å². The van der Waals surface area contributed by atoms with E-state index in [1.807, 2.05) is 6.07 Å². The second kappa shape index (κ2) is 5.78. The summed E-state index contributed by atoms with van der Waals surface area (Å²) in [6.07, 6.45) is 0.842. The fraction of sp³-hybridized carbons (Fsp3) is 0.133. The Labute approximate surface area is 110 Å². The van der Waals surface area contributed by atoms with E-state index in [4.69, 9.17) is 11.6 Å². The van der Waals surface area contributed by atoms with Gasteiger partial charge < -0.3 is 0 Å². The maximum absolute atomic E-state index is 13.0. The molecule has 0 saturated heterocycles. The van der Waals surface area contributed by atoms with Gasteiger partial charge in [0.05, 0.1) is 5.02 Å². The van der Waals surface area contributed by atoms with Gasteiger partial charge in [0.1, 0.15) is 5.82 Å². The van der Waals surface area contributed by atoms with Gasteiger partial charge >= 0.3 is 0 Å². The first-order valence-electron chi connectivity index (χ1n) is 5.69. The third-order valence-electron chi connectivity index (χ3n) is 2.70. The Bertz CT molecular complexity index is 566. The summed E-state index contributed by atoms with van der Waals surface area (Å²) in [4.78, 5) is 11.9. The number of benzene rings is 2. The lowest BCUT2D eigenvalue weighted by Crippen LogP contribution is -2.02. The molecule has 0 radical (unpaired) electrons. The normalized spacial score (nSPS) is 10.3. The van der Waals surface area contributed by atoms with Crippen molar-refractivity contribution in [3.8, 4) is 0 Å². The number of Topliss-reactive ketones (excluding diaryl/α,β-unsaturated/α-hetero) is 1. The fourth-order valence-corrected chi connectivity index (χ4v) is 2.01. The average molecular weight is 263 g/mol. The molecule has 0 N–H and O–H groups in total. The highest BCUT2D eigenvalue weighted by molar-refractivity contribution is 6.33. The van der Waals surface area contributed by atoms with Crippen LogP contribution in [0.3, 0.4) is 0 Å². The van der Waals surface area contributed by atoms with Gasteiger partial charge in [-0.05, 0) is 36.2 Å². The Morgan fingerprint density at radius 3 is 2.61 bits per heavy atom. The van der Waals surface area contributed by atoms with Gasteiger partial charge in [-0.25, -0.2) is 4.39 Å². The molecule has 92 valence electrons. The van der Waals surface area contributed by atoms with Crippen LogP contribution in [0.5, 0.6) is 0 Å². The maximum atomic E-state index is 13.0. The lowest BCUT2D eigenvalue weighted by molar-refractivity contribution is 0.0983. The first-order valence-corrected chi connectivity index (χ1v) is 6.07. The monoisotopic (exact) mass is 262 g/mol. The molecule has 0 amide bonds. The maximum Gasteiger partial charge on any atom is 0.164 e.